The largest absolute Gasteiger partial charge is 0.463 e. The second-order valence-electron chi connectivity index (χ2n) is 4.10. The molecular weight excluding hydrogens is 224 g/mol. The Hall–Kier alpha value is -1.35. The lowest BCUT2D eigenvalue weighted by Gasteiger charge is -2.06. The number of halogens is 1. The number of aromatic nitrogens is 2. The van der Waals surface area contributed by atoms with Gasteiger partial charge in [0.1, 0.15) is 16.7 Å². The lowest BCUT2D eigenvalue weighted by molar-refractivity contribution is 0.578. The van der Waals surface area contributed by atoms with Crippen LogP contribution in [0.3, 0.4) is 0 Å². The highest BCUT2D eigenvalue weighted by molar-refractivity contribution is 6.30. The second-order valence-corrected chi connectivity index (χ2v) is 4.46. The van der Waals surface area contributed by atoms with E-state index < -0.39 is 0 Å². The van der Waals surface area contributed by atoms with Crippen LogP contribution < -0.4 is 0 Å². The Balaban J connectivity index is 2.15. The molecule has 16 heavy (non-hydrogen) atoms. The van der Waals surface area contributed by atoms with Gasteiger partial charge in [-0.1, -0.05) is 11.6 Å². The summed E-state index contributed by atoms with van der Waals surface area (Å²) in [5, 5.41) is 0.531. The van der Waals surface area contributed by atoms with Gasteiger partial charge in [-0.05, 0) is 31.9 Å². The monoisotopic (exact) mass is 234 g/mol. The first kappa shape index (κ1) is 9.85. The van der Waals surface area contributed by atoms with Crippen molar-refractivity contribution >= 4 is 11.6 Å². The van der Waals surface area contributed by atoms with Crippen LogP contribution in [-0.4, -0.2) is 9.97 Å². The first-order valence-electron chi connectivity index (χ1n) is 5.33. The molecule has 0 spiro atoms. The van der Waals surface area contributed by atoms with E-state index in [1.54, 1.807) is 6.26 Å². The number of hydrogen-bond donors (Lipinski definition) is 0. The number of furan rings is 1. The summed E-state index contributed by atoms with van der Waals surface area (Å²) in [6, 6.07) is 3.74. The van der Waals surface area contributed by atoms with Gasteiger partial charge in [0, 0.05) is 11.5 Å². The van der Waals surface area contributed by atoms with Crippen LogP contribution in [0.5, 0.6) is 0 Å². The van der Waals surface area contributed by atoms with E-state index in [4.69, 9.17) is 16.0 Å². The highest BCUT2D eigenvalue weighted by Crippen LogP contribution is 2.40. The lowest BCUT2D eigenvalue weighted by atomic mass is 10.2. The van der Waals surface area contributed by atoms with E-state index in [1.807, 2.05) is 19.1 Å². The third-order valence-electron chi connectivity index (χ3n) is 2.80. The van der Waals surface area contributed by atoms with E-state index in [2.05, 4.69) is 9.97 Å². The van der Waals surface area contributed by atoms with Gasteiger partial charge in [0.25, 0.3) is 0 Å². The molecule has 2 aromatic heterocycles. The third kappa shape index (κ3) is 1.61. The minimum Gasteiger partial charge on any atom is -0.463 e. The third-order valence-corrected chi connectivity index (χ3v) is 3.17. The molecule has 1 saturated carbocycles. The maximum absolute atomic E-state index is 6.11. The van der Waals surface area contributed by atoms with Crippen molar-refractivity contribution in [2.24, 2.45) is 0 Å². The number of nitrogens with zero attached hydrogens (tertiary/aromatic N) is 2. The van der Waals surface area contributed by atoms with Crippen molar-refractivity contribution in [1.82, 2.24) is 9.97 Å². The molecule has 0 atom stereocenters. The molecule has 0 unspecified atom stereocenters. The Bertz CT molecular complexity index is 518. The molecule has 3 nitrogen and oxygen atoms in total. The average molecular weight is 235 g/mol. The van der Waals surface area contributed by atoms with E-state index in [9.17, 15) is 0 Å². The topological polar surface area (TPSA) is 38.9 Å². The average Bonchev–Trinajstić information content (AvgIpc) is 2.98. The van der Waals surface area contributed by atoms with Gasteiger partial charge in [-0.3, -0.25) is 0 Å². The van der Waals surface area contributed by atoms with Crippen LogP contribution in [0.25, 0.3) is 11.5 Å². The van der Waals surface area contributed by atoms with Gasteiger partial charge in [-0.15, -0.1) is 0 Å². The van der Waals surface area contributed by atoms with Crippen molar-refractivity contribution < 1.29 is 4.42 Å². The van der Waals surface area contributed by atoms with E-state index >= 15 is 0 Å². The zero-order valence-corrected chi connectivity index (χ0v) is 9.66. The molecule has 0 bridgehead atoms. The minimum atomic E-state index is 0.492. The van der Waals surface area contributed by atoms with Crippen LogP contribution in [0, 0.1) is 6.92 Å². The fourth-order valence-corrected chi connectivity index (χ4v) is 1.86. The van der Waals surface area contributed by atoms with Crippen LogP contribution in [-0.2, 0) is 0 Å². The van der Waals surface area contributed by atoms with Gasteiger partial charge < -0.3 is 4.42 Å². The van der Waals surface area contributed by atoms with Crippen molar-refractivity contribution in [2.75, 3.05) is 0 Å². The summed E-state index contributed by atoms with van der Waals surface area (Å²) in [4.78, 5) is 8.87. The minimum absolute atomic E-state index is 0.492. The smallest absolute Gasteiger partial charge is 0.152 e. The Labute approximate surface area is 98.5 Å². The molecule has 2 aromatic rings. The van der Waals surface area contributed by atoms with Crippen LogP contribution in [0.1, 0.15) is 30.1 Å². The first-order valence-corrected chi connectivity index (χ1v) is 5.71. The van der Waals surface area contributed by atoms with E-state index in [0.717, 1.165) is 35.7 Å². The predicted octanol–water partition coefficient (Wildman–Crippen LogP) is 3.58. The Morgan fingerprint density at radius 3 is 2.81 bits per heavy atom. The van der Waals surface area contributed by atoms with Crippen LogP contribution >= 0.6 is 11.6 Å². The van der Waals surface area contributed by atoms with Crippen molar-refractivity contribution in [3.63, 3.8) is 0 Å². The highest BCUT2D eigenvalue weighted by Gasteiger charge is 2.28. The molecule has 0 amide bonds. The molecule has 1 aliphatic rings. The zero-order chi connectivity index (χ0) is 11.1. The summed E-state index contributed by atoms with van der Waals surface area (Å²) in [7, 11) is 0. The van der Waals surface area contributed by atoms with E-state index in [-0.39, 0.29) is 0 Å². The molecule has 3 rings (SSSR count). The maximum atomic E-state index is 6.11. The van der Waals surface area contributed by atoms with Crippen molar-refractivity contribution in [3.8, 4) is 11.5 Å². The first-order chi connectivity index (χ1) is 7.75. The maximum Gasteiger partial charge on any atom is 0.152 e. The lowest BCUT2D eigenvalue weighted by Crippen LogP contribution is -1.98. The fourth-order valence-electron chi connectivity index (χ4n) is 1.68. The SMILES string of the molecule is Cc1c(Cl)nc(C2CC2)nc1-c1ccco1. The molecule has 0 N–H and O–H groups in total. The van der Waals surface area contributed by atoms with Crippen molar-refractivity contribution in [2.45, 2.75) is 25.7 Å². The van der Waals surface area contributed by atoms with Crippen molar-refractivity contribution in [1.29, 1.82) is 0 Å². The predicted molar refractivity (Wildman–Crippen MR) is 61.5 cm³/mol. The van der Waals surface area contributed by atoms with Gasteiger partial charge in [-0.2, -0.15) is 0 Å². The highest BCUT2D eigenvalue weighted by atomic mass is 35.5. The van der Waals surface area contributed by atoms with Gasteiger partial charge in [-0.25, -0.2) is 9.97 Å². The normalized spacial score (nSPS) is 15.4. The molecule has 0 radical (unpaired) electrons. The number of rotatable bonds is 2. The van der Waals surface area contributed by atoms with Gasteiger partial charge in [0.05, 0.1) is 6.26 Å². The standard InChI is InChI=1S/C12H11ClN2O/c1-7-10(9-3-2-6-16-9)14-12(8-4-5-8)15-11(7)13/h2-3,6,8H,4-5H2,1H3. The fraction of sp³-hybridized carbons (Fsp3) is 0.333. The molecule has 2 heterocycles. The van der Waals surface area contributed by atoms with Crippen LogP contribution in [0.4, 0.5) is 0 Å². The molecule has 1 aliphatic carbocycles. The summed E-state index contributed by atoms with van der Waals surface area (Å²) >= 11 is 6.11. The summed E-state index contributed by atoms with van der Waals surface area (Å²) in [5.41, 5.74) is 1.69. The summed E-state index contributed by atoms with van der Waals surface area (Å²) in [5.74, 6) is 2.09. The van der Waals surface area contributed by atoms with Gasteiger partial charge >= 0.3 is 0 Å². The number of hydrogen-bond acceptors (Lipinski definition) is 3. The second kappa shape index (κ2) is 3.59. The van der Waals surface area contributed by atoms with Crippen LogP contribution in [0.15, 0.2) is 22.8 Å². The van der Waals surface area contributed by atoms with E-state index in [1.165, 1.54) is 0 Å². The summed E-state index contributed by atoms with van der Waals surface area (Å²) < 4.78 is 5.36. The molecule has 0 saturated heterocycles. The Kier molecular flexibility index (Phi) is 2.21. The quantitative estimate of drug-likeness (QED) is 0.746. The van der Waals surface area contributed by atoms with Gasteiger partial charge in [0.15, 0.2) is 5.76 Å². The molecule has 1 fully saturated rings. The molecular formula is C12H11ClN2O. The van der Waals surface area contributed by atoms with Crippen LogP contribution in [0.2, 0.25) is 5.15 Å². The summed E-state index contributed by atoms with van der Waals surface area (Å²) in [6.07, 6.45) is 3.97. The summed E-state index contributed by atoms with van der Waals surface area (Å²) in [6.45, 7) is 1.91. The molecule has 4 heteroatoms. The molecule has 82 valence electrons. The van der Waals surface area contributed by atoms with Crippen molar-refractivity contribution in [3.05, 3.63) is 34.9 Å². The van der Waals surface area contributed by atoms with E-state index in [0.29, 0.717) is 11.1 Å². The zero-order valence-electron chi connectivity index (χ0n) is 8.90. The Morgan fingerprint density at radius 1 is 1.38 bits per heavy atom. The molecule has 0 aliphatic heterocycles. The van der Waals surface area contributed by atoms with Gasteiger partial charge in [0.2, 0.25) is 0 Å². The molecule has 0 aromatic carbocycles. The Morgan fingerprint density at radius 2 is 2.19 bits per heavy atom.